The molecule has 4 aromatic rings. The molecule has 6 nitrogen and oxygen atoms in total. The summed E-state index contributed by atoms with van der Waals surface area (Å²) in [5.74, 6) is 1.34. The normalized spacial score (nSPS) is 17.6. The van der Waals surface area contributed by atoms with E-state index in [0.29, 0.717) is 11.7 Å². The monoisotopic (exact) mass is 357 g/mol. The van der Waals surface area contributed by atoms with Gasteiger partial charge in [-0.25, -0.2) is 0 Å². The SMILES string of the molecule is c1ccc(-c2noc([C@H]3CCCN3Cc3cccc4nccnc34)n2)cc1. The summed E-state index contributed by atoms with van der Waals surface area (Å²) < 4.78 is 5.63. The number of hydrogen-bond acceptors (Lipinski definition) is 6. The summed E-state index contributed by atoms with van der Waals surface area (Å²) in [6.07, 6.45) is 5.61. The highest BCUT2D eigenvalue weighted by atomic mass is 16.5. The van der Waals surface area contributed by atoms with E-state index in [2.05, 4.69) is 31.1 Å². The molecule has 3 heterocycles. The van der Waals surface area contributed by atoms with E-state index in [0.717, 1.165) is 42.5 Å². The lowest BCUT2D eigenvalue weighted by molar-refractivity contribution is 0.201. The summed E-state index contributed by atoms with van der Waals surface area (Å²) in [4.78, 5) is 16.0. The molecule has 0 radical (unpaired) electrons. The molecule has 27 heavy (non-hydrogen) atoms. The van der Waals surface area contributed by atoms with Crippen LogP contribution in [-0.2, 0) is 6.54 Å². The number of hydrogen-bond donors (Lipinski definition) is 0. The van der Waals surface area contributed by atoms with E-state index in [1.807, 2.05) is 42.5 Å². The lowest BCUT2D eigenvalue weighted by Gasteiger charge is -2.21. The van der Waals surface area contributed by atoms with Crippen molar-refractivity contribution >= 4 is 11.0 Å². The first-order chi connectivity index (χ1) is 13.4. The van der Waals surface area contributed by atoms with Crippen LogP contribution < -0.4 is 0 Å². The minimum atomic E-state index is 0.141. The Balaban J connectivity index is 1.42. The molecule has 0 unspecified atom stereocenters. The Bertz CT molecular complexity index is 1060. The van der Waals surface area contributed by atoms with Gasteiger partial charge >= 0.3 is 0 Å². The number of nitrogens with zero attached hydrogens (tertiary/aromatic N) is 5. The highest BCUT2D eigenvalue weighted by molar-refractivity contribution is 5.77. The number of fused-ring (bicyclic) bond motifs is 1. The first-order valence-corrected chi connectivity index (χ1v) is 9.20. The van der Waals surface area contributed by atoms with E-state index in [4.69, 9.17) is 4.52 Å². The van der Waals surface area contributed by atoms with Crippen LogP contribution in [0.2, 0.25) is 0 Å². The van der Waals surface area contributed by atoms with Crippen molar-refractivity contribution in [3.8, 4) is 11.4 Å². The number of rotatable bonds is 4. The van der Waals surface area contributed by atoms with Crippen LogP contribution >= 0.6 is 0 Å². The van der Waals surface area contributed by atoms with Crippen molar-refractivity contribution in [1.29, 1.82) is 0 Å². The van der Waals surface area contributed by atoms with Gasteiger partial charge in [-0.3, -0.25) is 14.9 Å². The second-order valence-corrected chi connectivity index (χ2v) is 6.79. The summed E-state index contributed by atoms with van der Waals surface area (Å²) in [5, 5.41) is 4.19. The molecule has 1 saturated heterocycles. The second-order valence-electron chi connectivity index (χ2n) is 6.79. The fourth-order valence-corrected chi connectivity index (χ4v) is 3.77. The number of para-hydroxylation sites is 1. The summed E-state index contributed by atoms with van der Waals surface area (Å²) in [5.41, 5.74) is 4.03. The van der Waals surface area contributed by atoms with Gasteiger partial charge in [0.2, 0.25) is 11.7 Å². The highest BCUT2D eigenvalue weighted by Crippen LogP contribution is 2.33. The zero-order valence-electron chi connectivity index (χ0n) is 14.8. The van der Waals surface area contributed by atoms with E-state index in [1.165, 1.54) is 5.56 Å². The molecule has 0 amide bonds. The van der Waals surface area contributed by atoms with Crippen molar-refractivity contribution < 1.29 is 4.52 Å². The van der Waals surface area contributed by atoms with Crippen LogP contribution in [0.4, 0.5) is 0 Å². The van der Waals surface area contributed by atoms with Gasteiger partial charge in [-0.15, -0.1) is 0 Å². The van der Waals surface area contributed by atoms with Gasteiger partial charge in [0.15, 0.2) is 0 Å². The van der Waals surface area contributed by atoms with Gasteiger partial charge in [-0.2, -0.15) is 4.98 Å². The van der Waals surface area contributed by atoms with Crippen molar-refractivity contribution in [3.63, 3.8) is 0 Å². The van der Waals surface area contributed by atoms with Gasteiger partial charge in [-0.05, 0) is 31.0 Å². The summed E-state index contributed by atoms with van der Waals surface area (Å²) >= 11 is 0. The van der Waals surface area contributed by atoms with E-state index in [-0.39, 0.29) is 6.04 Å². The predicted molar refractivity (Wildman–Crippen MR) is 102 cm³/mol. The molecule has 0 bridgehead atoms. The Labute approximate surface area is 156 Å². The molecule has 6 heteroatoms. The number of aromatic nitrogens is 4. The van der Waals surface area contributed by atoms with Crippen molar-refractivity contribution in [2.24, 2.45) is 0 Å². The minimum Gasteiger partial charge on any atom is -0.337 e. The van der Waals surface area contributed by atoms with Crippen molar-refractivity contribution in [2.75, 3.05) is 6.54 Å². The van der Waals surface area contributed by atoms with Crippen LogP contribution in [0.1, 0.15) is 30.3 Å². The third-order valence-electron chi connectivity index (χ3n) is 5.08. The maximum absolute atomic E-state index is 5.63. The standard InChI is InChI=1S/C21H19N5O/c1-2-6-15(7-3-1)20-24-21(27-25-20)18-10-5-13-26(18)14-16-8-4-9-17-19(16)23-12-11-22-17/h1-4,6-9,11-12,18H,5,10,13-14H2/t18-/m1/s1. The second kappa shape index (κ2) is 6.89. The molecule has 1 atom stereocenters. The van der Waals surface area contributed by atoms with E-state index < -0.39 is 0 Å². The van der Waals surface area contributed by atoms with E-state index in [9.17, 15) is 0 Å². The van der Waals surface area contributed by atoms with Crippen LogP contribution in [0.25, 0.3) is 22.4 Å². The number of likely N-dealkylation sites (tertiary alicyclic amines) is 1. The first-order valence-electron chi connectivity index (χ1n) is 9.20. The molecule has 0 saturated carbocycles. The van der Waals surface area contributed by atoms with Gasteiger partial charge in [-0.1, -0.05) is 47.6 Å². The van der Waals surface area contributed by atoms with Crippen molar-refractivity contribution in [1.82, 2.24) is 25.0 Å². The van der Waals surface area contributed by atoms with Crippen LogP contribution in [0.15, 0.2) is 65.4 Å². The number of benzene rings is 2. The third-order valence-corrected chi connectivity index (χ3v) is 5.08. The Morgan fingerprint density at radius 2 is 1.89 bits per heavy atom. The van der Waals surface area contributed by atoms with Gasteiger partial charge in [0.05, 0.1) is 17.1 Å². The lowest BCUT2D eigenvalue weighted by atomic mass is 10.1. The van der Waals surface area contributed by atoms with Crippen LogP contribution in [-0.4, -0.2) is 31.6 Å². The molecular formula is C21H19N5O. The van der Waals surface area contributed by atoms with Gasteiger partial charge in [0.25, 0.3) is 0 Å². The lowest BCUT2D eigenvalue weighted by Crippen LogP contribution is -2.23. The highest BCUT2D eigenvalue weighted by Gasteiger charge is 2.31. The van der Waals surface area contributed by atoms with Crippen molar-refractivity contribution in [2.45, 2.75) is 25.4 Å². The molecule has 0 aliphatic carbocycles. The van der Waals surface area contributed by atoms with Gasteiger partial charge in [0.1, 0.15) is 0 Å². The zero-order valence-corrected chi connectivity index (χ0v) is 14.8. The maximum Gasteiger partial charge on any atom is 0.244 e. The van der Waals surface area contributed by atoms with Crippen LogP contribution in [0.5, 0.6) is 0 Å². The van der Waals surface area contributed by atoms with Gasteiger partial charge < -0.3 is 4.52 Å². The van der Waals surface area contributed by atoms with Crippen LogP contribution in [0.3, 0.4) is 0 Å². The zero-order chi connectivity index (χ0) is 18.1. The molecule has 1 fully saturated rings. The fraction of sp³-hybridized carbons (Fsp3) is 0.238. The van der Waals surface area contributed by atoms with Crippen LogP contribution in [0, 0.1) is 0 Å². The first kappa shape index (κ1) is 16.1. The van der Waals surface area contributed by atoms with E-state index >= 15 is 0 Å². The fourth-order valence-electron chi connectivity index (χ4n) is 3.77. The Morgan fingerprint density at radius 3 is 2.81 bits per heavy atom. The Hall–Kier alpha value is -3.12. The molecular weight excluding hydrogens is 338 g/mol. The molecule has 1 aliphatic rings. The minimum absolute atomic E-state index is 0.141. The molecule has 0 N–H and O–H groups in total. The van der Waals surface area contributed by atoms with Crippen molar-refractivity contribution in [3.05, 3.63) is 72.4 Å². The topological polar surface area (TPSA) is 67.9 Å². The molecule has 134 valence electrons. The quantitative estimate of drug-likeness (QED) is 0.549. The smallest absolute Gasteiger partial charge is 0.244 e. The maximum atomic E-state index is 5.63. The Kier molecular flexibility index (Phi) is 4.10. The Morgan fingerprint density at radius 1 is 1.00 bits per heavy atom. The summed E-state index contributed by atoms with van der Waals surface area (Å²) in [6.45, 7) is 1.80. The molecule has 5 rings (SSSR count). The molecule has 0 spiro atoms. The third kappa shape index (κ3) is 3.08. The average Bonchev–Trinajstić information content (AvgIpc) is 3.38. The summed E-state index contributed by atoms with van der Waals surface area (Å²) in [7, 11) is 0. The molecule has 2 aromatic heterocycles. The summed E-state index contributed by atoms with van der Waals surface area (Å²) in [6, 6.07) is 16.2. The largest absolute Gasteiger partial charge is 0.337 e. The van der Waals surface area contributed by atoms with E-state index in [1.54, 1.807) is 12.4 Å². The van der Waals surface area contributed by atoms with Gasteiger partial charge in [0, 0.05) is 24.5 Å². The molecule has 2 aromatic carbocycles. The molecule has 1 aliphatic heterocycles. The average molecular weight is 357 g/mol. The predicted octanol–water partition coefficient (Wildman–Crippen LogP) is 4.02.